The number of aromatic nitrogens is 1. The molecule has 0 bridgehead atoms. The molecule has 0 amide bonds. The summed E-state index contributed by atoms with van der Waals surface area (Å²) in [5.41, 5.74) is 0.649. The first-order valence-corrected chi connectivity index (χ1v) is 5.58. The Balaban J connectivity index is 0.00000144. The SMILES string of the molecule is CN(CC1CCNC1)c1ncccc1C#N.Cl. The fourth-order valence-corrected chi connectivity index (χ4v) is 2.13. The summed E-state index contributed by atoms with van der Waals surface area (Å²) in [7, 11) is 2.00. The van der Waals surface area contributed by atoms with E-state index in [9.17, 15) is 0 Å². The molecule has 1 fully saturated rings. The average molecular weight is 253 g/mol. The number of hydrogen-bond acceptors (Lipinski definition) is 4. The van der Waals surface area contributed by atoms with Crippen LogP contribution in [-0.4, -0.2) is 31.7 Å². The molecule has 5 heteroatoms. The zero-order chi connectivity index (χ0) is 11.4. The molecular weight excluding hydrogens is 236 g/mol. The van der Waals surface area contributed by atoms with Crippen LogP contribution in [-0.2, 0) is 0 Å². The third-order valence-corrected chi connectivity index (χ3v) is 2.96. The Hall–Kier alpha value is -1.31. The Bertz CT molecular complexity index is 396. The molecule has 2 rings (SSSR count). The van der Waals surface area contributed by atoms with Crippen LogP contribution in [0.5, 0.6) is 0 Å². The zero-order valence-electron chi connectivity index (χ0n) is 9.89. The summed E-state index contributed by atoms with van der Waals surface area (Å²) in [5.74, 6) is 1.45. The summed E-state index contributed by atoms with van der Waals surface area (Å²) in [6.45, 7) is 3.13. The van der Waals surface area contributed by atoms with Gasteiger partial charge in [-0.15, -0.1) is 12.4 Å². The lowest BCUT2D eigenvalue weighted by atomic mass is 10.1. The monoisotopic (exact) mass is 252 g/mol. The highest BCUT2D eigenvalue weighted by Gasteiger charge is 2.18. The maximum atomic E-state index is 9.00. The second-order valence-electron chi connectivity index (χ2n) is 4.23. The van der Waals surface area contributed by atoms with E-state index >= 15 is 0 Å². The van der Waals surface area contributed by atoms with Crippen molar-refractivity contribution in [2.24, 2.45) is 5.92 Å². The minimum Gasteiger partial charge on any atom is -0.358 e. The number of anilines is 1. The first-order chi connectivity index (χ1) is 7.81. The van der Waals surface area contributed by atoms with Crippen molar-refractivity contribution in [2.45, 2.75) is 6.42 Å². The van der Waals surface area contributed by atoms with Crippen molar-refractivity contribution in [3.63, 3.8) is 0 Å². The maximum absolute atomic E-state index is 9.00. The van der Waals surface area contributed by atoms with Crippen molar-refractivity contribution in [2.75, 3.05) is 31.6 Å². The predicted octanol–water partition coefficient (Wildman–Crippen LogP) is 1.42. The first-order valence-electron chi connectivity index (χ1n) is 5.58. The molecule has 1 aliphatic rings. The number of nitriles is 1. The summed E-state index contributed by atoms with van der Waals surface area (Å²) in [6, 6.07) is 5.79. The molecule has 2 heterocycles. The topological polar surface area (TPSA) is 52.0 Å². The van der Waals surface area contributed by atoms with Crippen LogP contribution < -0.4 is 10.2 Å². The fraction of sp³-hybridized carbons (Fsp3) is 0.500. The molecule has 0 radical (unpaired) electrons. The van der Waals surface area contributed by atoms with Gasteiger partial charge in [0, 0.05) is 19.8 Å². The Morgan fingerprint density at radius 3 is 3.12 bits per heavy atom. The van der Waals surface area contributed by atoms with Crippen LogP contribution in [0.4, 0.5) is 5.82 Å². The number of nitrogens with one attached hydrogen (secondary N) is 1. The molecule has 0 aromatic carbocycles. The van der Waals surface area contributed by atoms with E-state index < -0.39 is 0 Å². The normalized spacial score (nSPS) is 18.2. The van der Waals surface area contributed by atoms with E-state index in [1.807, 2.05) is 13.1 Å². The molecule has 0 spiro atoms. The van der Waals surface area contributed by atoms with Gasteiger partial charge in [-0.25, -0.2) is 4.98 Å². The molecule has 1 saturated heterocycles. The Morgan fingerprint density at radius 2 is 2.47 bits per heavy atom. The van der Waals surface area contributed by atoms with E-state index in [4.69, 9.17) is 5.26 Å². The van der Waals surface area contributed by atoms with Gasteiger partial charge in [0.25, 0.3) is 0 Å². The number of hydrogen-bond donors (Lipinski definition) is 1. The van der Waals surface area contributed by atoms with Crippen LogP contribution in [0.3, 0.4) is 0 Å². The van der Waals surface area contributed by atoms with E-state index in [0.717, 1.165) is 25.5 Å². The minimum absolute atomic E-state index is 0. The van der Waals surface area contributed by atoms with Gasteiger partial charge in [-0.3, -0.25) is 0 Å². The van der Waals surface area contributed by atoms with Crippen LogP contribution in [0.15, 0.2) is 18.3 Å². The molecule has 1 N–H and O–H groups in total. The van der Waals surface area contributed by atoms with Gasteiger partial charge in [0.05, 0.1) is 5.56 Å². The van der Waals surface area contributed by atoms with E-state index in [1.165, 1.54) is 6.42 Å². The van der Waals surface area contributed by atoms with Gasteiger partial charge in [0.1, 0.15) is 11.9 Å². The second kappa shape index (κ2) is 6.43. The van der Waals surface area contributed by atoms with Crippen LogP contribution in [0.2, 0.25) is 0 Å². The van der Waals surface area contributed by atoms with E-state index in [-0.39, 0.29) is 12.4 Å². The average Bonchev–Trinajstić information content (AvgIpc) is 2.81. The molecule has 1 atom stereocenters. The summed E-state index contributed by atoms with van der Waals surface area (Å²) in [6.07, 6.45) is 2.94. The van der Waals surface area contributed by atoms with Crippen LogP contribution in [0.1, 0.15) is 12.0 Å². The van der Waals surface area contributed by atoms with Gasteiger partial charge in [0.15, 0.2) is 0 Å². The highest BCUT2D eigenvalue weighted by Crippen LogP contribution is 2.17. The standard InChI is InChI=1S/C12H16N4.ClH/c1-16(9-10-4-6-14-8-10)12-11(7-13)3-2-5-15-12;/h2-3,5,10,14H,4,6,8-9H2,1H3;1H. The number of halogens is 1. The molecule has 4 nitrogen and oxygen atoms in total. The summed E-state index contributed by atoms with van der Waals surface area (Å²) in [5, 5.41) is 12.3. The summed E-state index contributed by atoms with van der Waals surface area (Å²) < 4.78 is 0. The molecule has 1 aliphatic heterocycles. The summed E-state index contributed by atoms with van der Waals surface area (Å²) >= 11 is 0. The predicted molar refractivity (Wildman–Crippen MR) is 70.4 cm³/mol. The third-order valence-electron chi connectivity index (χ3n) is 2.96. The number of rotatable bonds is 3. The van der Waals surface area contributed by atoms with Crippen LogP contribution in [0, 0.1) is 17.2 Å². The van der Waals surface area contributed by atoms with Gasteiger partial charge < -0.3 is 10.2 Å². The number of pyridine rings is 1. The van der Waals surface area contributed by atoms with Crippen LogP contribution >= 0.6 is 12.4 Å². The maximum Gasteiger partial charge on any atom is 0.146 e. The molecule has 1 aromatic rings. The van der Waals surface area contributed by atoms with E-state index in [2.05, 4.69) is 21.3 Å². The van der Waals surface area contributed by atoms with Crippen molar-refractivity contribution in [3.05, 3.63) is 23.9 Å². The van der Waals surface area contributed by atoms with Crippen molar-refractivity contribution in [3.8, 4) is 6.07 Å². The van der Waals surface area contributed by atoms with Gasteiger partial charge >= 0.3 is 0 Å². The van der Waals surface area contributed by atoms with E-state index in [0.29, 0.717) is 11.5 Å². The van der Waals surface area contributed by atoms with E-state index in [1.54, 1.807) is 12.3 Å². The van der Waals surface area contributed by atoms with Gasteiger partial charge in [-0.2, -0.15) is 5.26 Å². The molecule has 1 aromatic heterocycles. The third kappa shape index (κ3) is 3.32. The summed E-state index contributed by atoms with van der Waals surface area (Å²) in [4.78, 5) is 6.35. The molecule has 92 valence electrons. The lowest BCUT2D eigenvalue weighted by Crippen LogP contribution is -2.28. The zero-order valence-corrected chi connectivity index (χ0v) is 10.7. The Kier molecular flexibility index (Phi) is 5.20. The highest BCUT2D eigenvalue weighted by atomic mass is 35.5. The molecular formula is C12H17ClN4. The van der Waals surface area contributed by atoms with Crippen molar-refractivity contribution in [1.29, 1.82) is 5.26 Å². The molecule has 17 heavy (non-hydrogen) atoms. The second-order valence-corrected chi connectivity index (χ2v) is 4.23. The van der Waals surface area contributed by atoms with Gasteiger partial charge in [-0.1, -0.05) is 0 Å². The van der Waals surface area contributed by atoms with Crippen molar-refractivity contribution in [1.82, 2.24) is 10.3 Å². The van der Waals surface area contributed by atoms with Crippen molar-refractivity contribution >= 4 is 18.2 Å². The molecule has 0 aliphatic carbocycles. The fourth-order valence-electron chi connectivity index (χ4n) is 2.13. The van der Waals surface area contributed by atoms with Crippen molar-refractivity contribution < 1.29 is 0 Å². The quantitative estimate of drug-likeness (QED) is 0.884. The smallest absolute Gasteiger partial charge is 0.146 e. The Morgan fingerprint density at radius 1 is 1.65 bits per heavy atom. The number of nitrogens with zero attached hydrogens (tertiary/aromatic N) is 3. The van der Waals surface area contributed by atoms with Gasteiger partial charge in [-0.05, 0) is 37.6 Å². The molecule has 0 saturated carbocycles. The lowest BCUT2D eigenvalue weighted by Gasteiger charge is -2.22. The Labute approximate surface area is 108 Å². The lowest BCUT2D eigenvalue weighted by molar-refractivity contribution is 0.575. The van der Waals surface area contributed by atoms with Crippen LogP contribution in [0.25, 0.3) is 0 Å². The minimum atomic E-state index is 0. The first kappa shape index (κ1) is 13.8. The largest absolute Gasteiger partial charge is 0.358 e. The highest BCUT2D eigenvalue weighted by molar-refractivity contribution is 5.85. The van der Waals surface area contributed by atoms with Gasteiger partial charge in [0.2, 0.25) is 0 Å². The molecule has 1 unspecified atom stereocenters.